The Hall–Kier alpha value is -1.51. The van der Waals surface area contributed by atoms with E-state index in [4.69, 9.17) is 4.74 Å². The van der Waals surface area contributed by atoms with E-state index in [-0.39, 0.29) is 23.5 Å². The Kier molecular flexibility index (Phi) is 4.63. The number of carbonyl (C=O) groups is 1. The third-order valence-corrected chi connectivity index (χ3v) is 7.34. The SMILES string of the molecule is CC(CC1CCC(C)(C)C1(C)C)OC(=O)C1Cc2ccccc2N1C. The summed E-state index contributed by atoms with van der Waals surface area (Å²) in [7, 11) is 1.99. The van der Waals surface area contributed by atoms with Gasteiger partial charge in [0.25, 0.3) is 0 Å². The molecule has 0 bridgehead atoms. The second kappa shape index (κ2) is 6.34. The summed E-state index contributed by atoms with van der Waals surface area (Å²) in [6, 6.07) is 8.05. The van der Waals surface area contributed by atoms with Gasteiger partial charge >= 0.3 is 5.97 Å². The maximum Gasteiger partial charge on any atom is 0.329 e. The number of hydrogen-bond acceptors (Lipinski definition) is 3. The molecule has 0 amide bonds. The van der Waals surface area contributed by atoms with Gasteiger partial charge in [0, 0.05) is 19.2 Å². The van der Waals surface area contributed by atoms with Crippen LogP contribution in [0.3, 0.4) is 0 Å². The fourth-order valence-corrected chi connectivity index (χ4v) is 4.69. The molecule has 3 unspecified atom stereocenters. The van der Waals surface area contributed by atoms with Gasteiger partial charge in [-0.15, -0.1) is 0 Å². The lowest BCUT2D eigenvalue weighted by molar-refractivity contribution is -0.150. The zero-order valence-electron chi connectivity index (χ0n) is 16.6. The molecule has 0 saturated heterocycles. The number of nitrogens with zero attached hydrogens (tertiary/aromatic N) is 1. The predicted molar refractivity (Wildman–Crippen MR) is 103 cm³/mol. The van der Waals surface area contributed by atoms with Crippen molar-refractivity contribution in [1.29, 1.82) is 0 Å². The van der Waals surface area contributed by atoms with Crippen LogP contribution < -0.4 is 4.90 Å². The first-order valence-electron chi connectivity index (χ1n) is 9.65. The molecule has 3 nitrogen and oxygen atoms in total. The number of benzene rings is 1. The second-order valence-electron chi connectivity index (χ2n) is 9.28. The topological polar surface area (TPSA) is 29.5 Å². The van der Waals surface area contributed by atoms with Gasteiger partial charge in [0.1, 0.15) is 6.04 Å². The lowest BCUT2D eigenvalue weighted by atomic mass is 9.66. The van der Waals surface area contributed by atoms with E-state index in [0.29, 0.717) is 11.3 Å². The lowest BCUT2D eigenvalue weighted by Gasteiger charge is -2.40. The van der Waals surface area contributed by atoms with E-state index in [9.17, 15) is 4.79 Å². The summed E-state index contributed by atoms with van der Waals surface area (Å²) in [6.45, 7) is 11.5. The van der Waals surface area contributed by atoms with Gasteiger partial charge in [0.2, 0.25) is 0 Å². The number of likely N-dealkylation sites (N-methyl/N-ethyl adjacent to an activating group) is 1. The number of hydrogen-bond donors (Lipinski definition) is 0. The molecule has 25 heavy (non-hydrogen) atoms. The van der Waals surface area contributed by atoms with E-state index >= 15 is 0 Å². The first-order chi connectivity index (χ1) is 11.6. The highest BCUT2D eigenvalue weighted by molar-refractivity contribution is 5.83. The molecular weight excluding hydrogens is 310 g/mol. The molecule has 1 aliphatic carbocycles. The average Bonchev–Trinajstić information content (AvgIpc) is 2.97. The highest BCUT2D eigenvalue weighted by atomic mass is 16.5. The molecule has 1 aliphatic heterocycles. The maximum atomic E-state index is 12.7. The quantitative estimate of drug-likeness (QED) is 0.733. The summed E-state index contributed by atoms with van der Waals surface area (Å²) in [4.78, 5) is 14.8. The largest absolute Gasteiger partial charge is 0.461 e. The molecule has 0 spiro atoms. The van der Waals surface area contributed by atoms with Gasteiger partial charge in [-0.3, -0.25) is 0 Å². The second-order valence-corrected chi connectivity index (χ2v) is 9.28. The summed E-state index contributed by atoms with van der Waals surface area (Å²) >= 11 is 0. The Bertz CT molecular complexity index is 649. The first kappa shape index (κ1) is 18.3. The number of para-hydroxylation sites is 1. The van der Waals surface area contributed by atoms with E-state index in [1.807, 2.05) is 19.2 Å². The van der Waals surface area contributed by atoms with E-state index in [1.165, 1.54) is 18.4 Å². The zero-order valence-corrected chi connectivity index (χ0v) is 16.6. The minimum atomic E-state index is -0.187. The average molecular weight is 344 g/mol. The predicted octanol–water partition coefficient (Wildman–Crippen LogP) is 4.83. The highest BCUT2D eigenvalue weighted by Gasteiger charge is 2.48. The highest BCUT2D eigenvalue weighted by Crippen LogP contribution is 2.57. The number of carbonyl (C=O) groups excluding carboxylic acids is 1. The Morgan fingerprint density at radius 3 is 2.56 bits per heavy atom. The fraction of sp³-hybridized carbons (Fsp3) is 0.682. The maximum absolute atomic E-state index is 12.7. The number of fused-ring (bicyclic) bond motifs is 1. The van der Waals surface area contributed by atoms with Crippen LogP contribution in [0.1, 0.15) is 59.4 Å². The van der Waals surface area contributed by atoms with Crippen molar-refractivity contribution in [2.24, 2.45) is 16.7 Å². The molecule has 1 aromatic rings. The van der Waals surface area contributed by atoms with Crippen LogP contribution in [-0.2, 0) is 16.0 Å². The van der Waals surface area contributed by atoms with Crippen molar-refractivity contribution in [1.82, 2.24) is 0 Å². The van der Waals surface area contributed by atoms with Gasteiger partial charge in [-0.05, 0) is 54.6 Å². The van der Waals surface area contributed by atoms with Crippen molar-refractivity contribution < 1.29 is 9.53 Å². The molecule has 1 heterocycles. The van der Waals surface area contributed by atoms with Crippen LogP contribution >= 0.6 is 0 Å². The first-order valence-corrected chi connectivity index (χ1v) is 9.65. The number of esters is 1. The lowest BCUT2D eigenvalue weighted by Crippen LogP contribution is -2.39. The standard InChI is InChI=1S/C22H33NO2/c1-15(13-17-11-12-21(2,3)22(17,4)5)25-20(24)19-14-16-9-7-8-10-18(16)23(19)6/h7-10,15,17,19H,11-14H2,1-6H3. The van der Waals surface area contributed by atoms with Crippen LogP contribution in [0, 0.1) is 16.7 Å². The van der Waals surface area contributed by atoms with Gasteiger partial charge in [0.05, 0.1) is 6.10 Å². The van der Waals surface area contributed by atoms with E-state index < -0.39 is 0 Å². The third-order valence-electron chi connectivity index (χ3n) is 7.34. The number of rotatable bonds is 4. The fourth-order valence-electron chi connectivity index (χ4n) is 4.69. The summed E-state index contributed by atoms with van der Waals surface area (Å²) in [5, 5.41) is 0. The van der Waals surface area contributed by atoms with Crippen molar-refractivity contribution in [3.05, 3.63) is 29.8 Å². The summed E-state index contributed by atoms with van der Waals surface area (Å²) in [5.74, 6) is 0.532. The molecule has 3 heteroatoms. The smallest absolute Gasteiger partial charge is 0.329 e. The van der Waals surface area contributed by atoms with Crippen molar-refractivity contribution in [3.8, 4) is 0 Å². The van der Waals surface area contributed by atoms with E-state index in [2.05, 4.69) is 51.7 Å². The van der Waals surface area contributed by atoms with Crippen LogP contribution in [0.4, 0.5) is 5.69 Å². The van der Waals surface area contributed by atoms with Gasteiger partial charge in [-0.1, -0.05) is 45.9 Å². The molecule has 2 aliphatic rings. The molecular formula is C22H33NO2. The molecule has 0 aromatic heterocycles. The minimum Gasteiger partial charge on any atom is -0.461 e. The van der Waals surface area contributed by atoms with Crippen LogP contribution in [0.5, 0.6) is 0 Å². The van der Waals surface area contributed by atoms with Crippen molar-refractivity contribution in [2.45, 2.75) is 72.4 Å². The molecule has 0 radical (unpaired) electrons. The molecule has 1 aromatic carbocycles. The monoisotopic (exact) mass is 343 g/mol. The number of anilines is 1. The summed E-state index contributed by atoms with van der Waals surface area (Å²) in [6.07, 6.45) is 4.18. The molecule has 3 rings (SSSR count). The van der Waals surface area contributed by atoms with Crippen LogP contribution in [-0.4, -0.2) is 25.2 Å². The van der Waals surface area contributed by atoms with Crippen molar-refractivity contribution in [2.75, 3.05) is 11.9 Å². The van der Waals surface area contributed by atoms with Crippen molar-refractivity contribution >= 4 is 11.7 Å². The molecule has 1 fully saturated rings. The van der Waals surface area contributed by atoms with Gasteiger partial charge in [0.15, 0.2) is 0 Å². The van der Waals surface area contributed by atoms with Crippen molar-refractivity contribution in [3.63, 3.8) is 0 Å². The van der Waals surface area contributed by atoms with Crippen LogP contribution in [0.15, 0.2) is 24.3 Å². The molecule has 1 saturated carbocycles. The molecule has 3 atom stereocenters. The Labute approximate surface area is 152 Å². The Morgan fingerprint density at radius 2 is 1.96 bits per heavy atom. The van der Waals surface area contributed by atoms with Crippen LogP contribution in [0.25, 0.3) is 0 Å². The Morgan fingerprint density at radius 1 is 1.28 bits per heavy atom. The molecule has 138 valence electrons. The summed E-state index contributed by atoms with van der Waals surface area (Å²) < 4.78 is 5.88. The van der Waals surface area contributed by atoms with E-state index in [0.717, 1.165) is 18.5 Å². The normalized spacial score (nSPS) is 27.8. The zero-order chi connectivity index (χ0) is 18.4. The summed E-state index contributed by atoms with van der Waals surface area (Å²) in [5.41, 5.74) is 3.03. The van der Waals surface area contributed by atoms with Crippen LogP contribution in [0.2, 0.25) is 0 Å². The minimum absolute atomic E-state index is 0.0252. The van der Waals surface area contributed by atoms with Gasteiger partial charge < -0.3 is 9.64 Å². The van der Waals surface area contributed by atoms with E-state index in [1.54, 1.807) is 0 Å². The number of ether oxygens (including phenoxy) is 1. The third kappa shape index (κ3) is 3.18. The Balaban J connectivity index is 1.59. The molecule has 0 N–H and O–H groups in total. The van der Waals surface area contributed by atoms with Gasteiger partial charge in [-0.2, -0.15) is 0 Å². The van der Waals surface area contributed by atoms with Gasteiger partial charge in [-0.25, -0.2) is 4.79 Å².